The van der Waals surface area contributed by atoms with Crippen molar-refractivity contribution in [3.8, 4) is 5.75 Å². The maximum absolute atomic E-state index is 13.8. The molecule has 1 fully saturated rings. The molecule has 2 aliphatic rings. The average molecular weight is 612 g/mol. The summed E-state index contributed by atoms with van der Waals surface area (Å²) < 4.78 is 19.4. The first-order valence-corrected chi connectivity index (χ1v) is 15.1. The second-order valence-electron chi connectivity index (χ2n) is 10.2. The topological polar surface area (TPSA) is 109 Å². The highest BCUT2D eigenvalue weighted by Crippen LogP contribution is 2.53. The molecule has 2 aliphatic heterocycles. The Balaban J connectivity index is 1.16. The van der Waals surface area contributed by atoms with Crippen LogP contribution in [0.1, 0.15) is 16.4 Å². The third-order valence-corrected chi connectivity index (χ3v) is 9.96. The minimum absolute atomic E-state index is 0.252. The Morgan fingerprint density at radius 2 is 1.70 bits per heavy atom. The van der Waals surface area contributed by atoms with Crippen molar-refractivity contribution in [3.63, 3.8) is 0 Å². The van der Waals surface area contributed by atoms with Gasteiger partial charge in [-0.15, -0.1) is 0 Å². The van der Waals surface area contributed by atoms with Crippen molar-refractivity contribution in [2.24, 2.45) is 5.92 Å². The largest absolute Gasteiger partial charge is 0.484 e. The maximum Gasteiger partial charge on any atom is 0.305 e. The first-order chi connectivity index (χ1) is 20.9. The number of thioether (sulfide) groups is 1. The normalized spacial score (nSPS) is 19.3. The Labute approximate surface area is 252 Å². The third kappa shape index (κ3) is 4.90. The van der Waals surface area contributed by atoms with Crippen LogP contribution in [0.4, 0.5) is 15.8 Å². The smallest absolute Gasteiger partial charge is 0.305 e. The molecule has 8 nitrogen and oxygen atoms in total. The van der Waals surface area contributed by atoms with Gasteiger partial charge in [0.2, 0.25) is 11.8 Å². The highest BCUT2D eigenvalue weighted by Gasteiger charge is 2.56. The van der Waals surface area contributed by atoms with Gasteiger partial charge in [0, 0.05) is 21.9 Å². The SMILES string of the molecule is O=C(COc1cccc([C@@H]2c3sc(=O)[nH]c3S[C@H]3C(=O)N(c4ccc(F)cc4)C(=O)[C@@H]23)c1)Nc1cccc2ccccc12. The first kappa shape index (κ1) is 27.1. The number of aromatic nitrogens is 1. The number of anilines is 2. The number of nitrogens with zero attached hydrogens (tertiary/aromatic N) is 1. The molecule has 11 heteroatoms. The lowest BCUT2D eigenvalue weighted by molar-refractivity contribution is -0.122. The molecular weight excluding hydrogens is 590 g/mol. The van der Waals surface area contributed by atoms with Gasteiger partial charge in [-0.25, -0.2) is 9.29 Å². The lowest BCUT2D eigenvalue weighted by Crippen LogP contribution is -2.32. The van der Waals surface area contributed by atoms with E-state index in [0.717, 1.165) is 38.8 Å². The van der Waals surface area contributed by atoms with Gasteiger partial charge in [-0.2, -0.15) is 0 Å². The third-order valence-electron chi connectivity index (χ3n) is 7.56. The number of thiazole rings is 1. The number of benzene rings is 4. The van der Waals surface area contributed by atoms with Crippen LogP contribution in [0.25, 0.3) is 10.8 Å². The molecule has 0 saturated carbocycles. The van der Waals surface area contributed by atoms with E-state index >= 15 is 0 Å². The molecule has 4 aromatic carbocycles. The van der Waals surface area contributed by atoms with Crippen LogP contribution in [0.15, 0.2) is 101 Å². The Morgan fingerprint density at radius 3 is 2.53 bits per heavy atom. The van der Waals surface area contributed by atoms with Crippen LogP contribution in [0, 0.1) is 11.7 Å². The molecule has 7 rings (SSSR count). The van der Waals surface area contributed by atoms with E-state index in [1.54, 1.807) is 18.2 Å². The second kappa shape index (κ2) is 10.8. The lowest BCUT2D eigenvalue weighted by Gasteiger charge is -2.30. The second-order valence-corrected chi connectivity index (χ2v) is 12.3. The van der Waals surface area contributed by atoms with Crippen LogP contribution in [-0.4, -0.2) is 34.6 Å². The Bertz CT molecular complexity index is 1970. The number of rotatable bonds is 6. The van der Waals surface area contributed by atoms with Crippen molar-refractivity contribution < 1.29 is 23.5 Å². The van der Waals surface area contributed by atoms with Gasteiger partial charge in [0.1, 0.15) is 16.8 Å². The van der Waals surface area contributed by atoms with E-state index in [4.69, 9.17) is 4.74 Å². The number of nitrogens with one attached hydrogen (secondary N) is 2. The van der Waals surface area contributed by atoms with Gasteiger partial charge in [-0.3, -0.25) is 19.2 Å². The minimum atomic E-state index is -0.800. The number of halogens is 1. The van der Waals surface area contributed by atoms with Gasteiger partial charge in [-0.05, 0) is 53.4 Å². The van der Waals surface area contributed by atoms with E-state index in [-0.39, 0.29) is 23.1 Å². The Morgan fingerprint density at radius 1 is 0.930 bits per heavy atom. The summed E-state index contributed by atoms with van der Waals surface area (Å²) >= 11 is 2.17. The fourth-order valence-electron chi connectivity index (χ4n) is 5.69. The molecule has 43 heavy (non-hydrogen) atoms. The predicted molar refractivity (Wildman–Crippen MR) is 163 cm³/mol. The zero-order chi connectivity index (χ0) is 29.7. The van der Waals surface area contributed by atoms with E-state index in [0.29, 0.717) is 26.9 Å². The van der Waals surface area contributed by atoms with Gasteiger partial charge in [0.15, 0.2) is 6.61 Å². The minimum Gasteiger partial charge on any atom is -0.484 e. The van der Waals surface area contributed by atoms with Gasteiger partial charge in [-0.1, -0.05) is 71.6 Å². The Kier molecular flexibility index (Phi) is 6.83. The van der Waals surface area contributed by atoms with Gasteiger partial charge < -0.3 is 15.0 Å². The molecule has 0 unspecified atom stereocenters. The number of fused-ring (bicyclic) bond motifs is 3. The highest BCUT2D eigenvalue weighted by molar-refractivity contribution is 8.00. The standard InChI is InChI=1S/C32H22FN3O5S2/c33-19-11-13-20(14-12-19)36-30(38)26-25(27-29(35-32(40)43-27)42-28(26)31(36)39)18-7-3-8-21(15-18)41-16-24(37)34-23-10-4-6-17-5-1-2-9-22(17)23/h1-15,25-26,28H,16H2,(H,34,37)(H,35,40)/t25-,26-,28+/m0/s1. The molecule has 5 aromatic rings. The number of amides is 3. The number of H-pyrrole nitrogens is 1. The number of carbonyl (C=O) groups is 3. The molecule has 0 aliphatic carbocycles. The van der Waals surface area contributed by atoms with Crippen molar-refractivity contribution in [2.45, 2.75) is 16.2 Å². The molecule has 3 atom stereocenters. The summed E-state index contributed by atoms with van der Waals surface area (Å²) in [5.74, 6) is -2.68. The summed E-state index contributed by atoms with van der Waals surface area (Å²) in [6.07, 6.45) is 0. The number of ether oxygens (including phenoxy) is 1. The lowest BCUT2D eigenvalue weighted by atomic mass is 9.83. The highest BCUT2D eigenvalue weighted by atomic mass is 32.2. The monoisotopic (exact) mass is 611 g/mol. The van der Waals surface area contributed by atoms with Crippen LogP contribution < -0.4 is 19.8 Å². The maximum atomic E-state index is 13.8. The van der Waals surface area contributed by atoms with Crippen LogP contribution in [-0.2, 0) is 14.4 Å². The number of hydrogen-bond donors (Lipinski definition) is 2. The van der Waals surface area contributed by atoms with Gasteiger partial charge >= 0.3 is 4.87 Å². The quantitative estimate of drug-likeness (QED) is 0.244. The Hall–Kier alpha value is -4.74. The molecule has 2 N–H and O–H groups in total. The van der Waals surface area contributed by atoms with Crippen molar-refractivity contribution in [2.75, 3.05) is 16.8 Å². The molecule has 3 heterocycles. The van der Waals surface area contributed by atoms with Crippen LogP contribution in [0.2, 0.25) is 0 Å². The van der Waals surface area contributed by atoms with Crippen molar-refractivity contribution in [1.29, 1.82) is 0 Å². The van der Waals surface area contributed by atoms with Crippen molar-refractivity contribution in [1.82, 2.24) is 4.98 Å². The number of imide groups is 1. The molecule has 0 bridgehead atoms. The zero-order valence-corrected chi connectivity index (χ0v) is 23.9. The summed E-state index contributed by atoms with van der Waals surface area (Å²) in [5.41, 5.74) is 1.63. The number of carbonyl (C=O) groups excluding carboxylic acids is 3. The first-order valence-electron chi connectivity index (χ1n) is 13.4. The molecule has 0 spiro atoms. The number of aromatic amines is 1. The molecular formula is C32H22FN3O5S2. The van der Waals surface area contributed by atoms with E-state index < -0.39 is 34.7 Å². The van der Waals surface area contributed by atoms with E-state index in [9.17, 15) is 23.6 Å². The summed E-state index contributed by atoms with van der Waals surface area (Å²) in [7, 11) is 0. The molecule has 0 radical (unpaired) electrons. The molecule has 1 aromatic heterocycles. The van der Waals surface area contributed by atoms with E-state index in [1.807, 2.05) is 48.5 Å². The fraction of sp³-hybridized carbons (Fsp3) is 0.125. The van der Waals surface area contributed by atoms with Crippen LogP contribution in [0.3, 0.4) is 0 Å². The average Bonchev–Trinajstić information content (AvgIpc) is 3.51. The number of hydrogen-bond acceptors (Lipinski definition) is 7. The van der Waals surface area contributed by atoms with Crippen molar-refractivity contribution >= 4 is 63.0 Å². The van der Waals surface area contributed by atoms with Crippen molar-refractivity contribution in [3.05, 3.63) is 117 Å². The van der Waals surface area contributed by atoms with Crippen LogP contribution >= 0.6 is 23.1 Å². The van der Waals surface area contributed by atoms with Gasteiger partial charge in [0.25, 0.3) is 5.91 Å². The van der Waals surface area contributed by atoms with Crippen LogP contribution in [0.5, 0.6) is 5.75 Å². The van der Waals surface area contributed by atoms with Gasteiger partial charge in [0.05, 0.1) is 16.6 Å². The fourth-order valence-corrected chi connectivity index (χ4v) is 8.20. The molecule has 1 saturated heterocycles. The summed E-state index contributed by atoms with van der Waals surface area (Å²) in [6, 6.07) is 25.6. The molecule has 214 valence electrons. The molecule has 3 amide bonds. The van der Waals surface area contributed by atoms with E-state index in [1.165, 1.54) is 24.3 Å². The predicted octanol–water partition coefficient (Wildman–Crippen LogP) is 5.54. The summed E-state index contributed by atoms with van der Waals surface area (Å²) in [4.78, 5) is 56.8. The van der Waals surface area contributed by atoms with E-state index in [2.05, 4.69) is 10.3 Å². The summed E-state index contributed by atoms with van der Waals surface area (Å²) in [6.45, 7) is -0.252. The zero-order valence-electron chi connectivity index (χ0n) is 22.3. The summed E-state index contributed by atoms with van der Waals surface area (Å²) in [5, 5.41) is 4.58.